The predicted octanol–water partition coefficient (Wildman–Crippen LogP) is 9.05. The first-order valence-corrected chi connectivity index (χ1v) is 15.1. The van der Waals surface area contributed by atoms with E-state index in [0.717, 1.165) is 41.3 Å². The van der Waals surface area contributed by atoms with Crippen molar-refractivity contribution in [2.75, 3.05) is 26.2 Å². The summed E-state index contributed by atoms with van der Waals surface area (Å²) in [6, 6.07) is 22.7. The second-order valence-electron chi connectivity index (χ2n) is 10.5. The van der Waals surface area contributed by atoms with E-state index in [0.29, 0.717) is 52.7 Å². The van der Waals surface area contributed by atoms with Gasteiger partial charge in [-0.3, -0.25) is 9.69 Å². The first-order chi connectivity index (χ1) is 20.7. The normalized spacial score (nSPS) is 13.8. The van der Waals surface area contributed by atoms with Crippen molar-refractivity contribution >= 4 is 63.8 Å². The van der Waals surface area contributed by atoms with Gasteiger partial charge < -0.3 is 14.4 Å². The van der Waals surface area contributed by atoms with Gasteiger partial charge in [0, 0.05) is 60.0 Å². The van der Waals surface area contributed by atoms with E-state index in [4.69, 9.17) is 44.3 Å². The van der Waals surface area contributed by atoms with Crippen molar-refractivity contribution in [3.05, 3.63) is 122 Å². The topological polar surface area (TPSA) is 54.9 Å². The van der Waals surface area contributed by atoms with Crippen LogP contribution in [0, 0.1) is 6.92 Å². The van der Waals surface area contributed by atoms with Crippen molar-refractivity contribution in [1.82, 2.24) is 14.8 Å². The summed E-state index contributed by atoms with van der Waals surface area (Å²) in [6.07, 6.45) is 3.47. The second-order valence-corrected chi connectivity index (χ2v) is 11.7. The molecule has 44 heavy (non-hydrogen) atoms. The van der Waals surface area contributed by atoms with Gasteiger partial charge in [-0.2, -0.15) is 0 Å². The summed E-state index contributed by atoms with van der Waals surface area (Å²) in [5, 5.41) is 1.82. The van der Waals surface area contributed by atoms with Crippen molar-refractivity contribution in [2.24, 2.45) is 0 Å². The Labute approximate surface area is 283 Å². The van der Waals surface area contributed by atoms with Gasteiger partial charge in [-0.15, -0.1) is 17.0 Å². The minimum Gasteiger partial charge on any atom is -0.487 e. The SMILES string of the molecule is Br.CC(=Cc1cc(C)c(Oc2ccc(OCc3ccccc3Cl)cn2)c(Cl)c1)C(=O)N1CCN(Cc2ccc(Cl)cc2)CC1. The van der Waals surface area contributed by atoms with Gasteiger partial charge in [0.25, 0.3) is 0 Å². The van der Waals surface area contributed by atoms with E-state index in [1.54, 1.807) is 24.4 Å². The van der Waals surface area contributed by atoms with Gasteiger partial charge in [-0.25, -0.2) is 4.98 Å². The quantitative estimate of drug-likeness (QED) is 0.162. The molecule has 4 aromatic rings. The molecule has 0 unspecified atom stereocenters. The summed E-state index contributed by atoms with van der Waals surface area (Å²) in [5.74, 6) is 1.52. The van der Waals surface area contributed by atoms with Gasteiger partial charge in [-0.1, -0.05) is 65.1 Å². The Hall–Kier alpha value is -3.07. The largest absolute Gasteiger partial charge is 0.487 e. The van der Waals surface area contributed by atoms with Crippen molar-refractivity contribution in [1.29, 1.82) is 0 Å². The molecule has 1 aliphatic heterocycles. The van der Waals surface area contributed by atoms with Crippen LogP contribution in [0.3, 0.4) is 0 Å². The third-order valence-electron chi connectivity index (χ3n) is 7.22. The van der Waals surface area contributed by atoms with E-state index in [1.165, 1.54) is 5.56 Å². The highest BCUT2D eigenvalue weighted by molar-refractivity contribution is 8.93. The standard InChI is InChI=1S/C34H32Cl3N3O3.BrH/c1-23-17-26(18-24(2)34(41)40-15-13-39(14-16-40)21-25-7-9-28(35)10-8-25)19-31(37)33(23)43-32-12-11-29(20-38-32)42-22-27-5-3-4-6-30(27)36;/h3-12,17-20H,13-16,21-22H2,1-2H3;1H. The molecule has 0 radical (unpaired) electrons. The zero-order chi connectivity index (χ0) is 30.3. The third-order valence-corrected chi connectivity index (χ3v) is 8.12. The van der Waals surface area contributed by atoms with Crippen LogP contribution in [-0.4, -0.2) is 46.9 Å². The van der Waals surface area contributed by atoms with Crippen LogP contribution in [0.1, 0.15) is 29.2 Å². The Bertz CT molecular complexity index is 1580. The molecular formula is C34H33BrCl3N3O3. The van der Waals surface area contributed by atoms with Crippen molar-refractivity contribution in [3.63, 3.8) is 0 Å². The Kier molecular flexibility index (Phi) is 12.1. The number of piperazine rings is 1. The Morgan fingerprint density at radius 3 is 2.32 bits per heavy atom. The minimum atomic E-state index is 0. The maximum Gasteiger partial charge on any atom is 0.249 e. The summed E-state index contributed by atoms with van der Waals surface area (Å²) < 4.78 is 11.8. The highest BCUT2D eigenvalue weighted by Crippen LogP contribution is 2.34. The number of benzene rings is 3. The van der Waals surface area contributed by atoms with E-state index in [9.17, 15) is 4.79 Å². The van der Waals surface area contributed by atoms with E-state index < -0.39 is 0 Å². The first kappa shape index (κ1) is 33.8. The Balaban J connectivity index is 0.00000442. The molecule has 0 aliphatic carbocycles. The van der Waals surface area contributed by atoms with E-state index in [2.05, 4.69) is 9.88 Å². The van der Waals surface area contributed by atoms with Crippen LogP contribution in [0.25, 0.3) is 6.08 Å². The third kappa shape index (κ3) is 8.99. The average Bonchev–Trinajstić information content (AvgIpc) is 3.00. The number of aromatic nitrogens is 1. The number of hydrogen-bond donors (Lipinski definition) is 0. The zero-order valence-corrected chi connectivity index (χ0v) is 28.4. The lowest BCUT2D eigenvalue weighted by Gasteiger charge is -2.35. The minimum absolute atomic E-state index is 0. The monoisotopic (exact) mass is 715 g/mol. The van der Waals surface area contributed by atoms with Crippen LogP contribution in [0.15, 0.2) is 84.6 Å². The Morgan fingerprint density at radius 1 is 0.932 bits per heavy atom. The molecule has 1 aliphatic rings. The van der Waals surface area contributed by atoms with Crippen LogP contribution in [0.5, 0.6) is 17.4 Å². The summed E-state index contributed by atoms with van der Waals surface area (Å²) in [4.78, 5) is 21.8. The lowest BCUT2D eigenvalue weighted by atomic mass is 10.1. The predicted molar refractivity (Wildman–Crippen MR) is 184 cm³/mol. The summed E-state index contributed by atoms with van der Waals surface area (Å²) >= 11 is 18.8. The molecular weight excluding hydrogens is 685 g/mol. The fourth-order valence-corrected chi connectivity index (χ4v) is 5.51. The maximum absolute atomic E-state index is 13.2. The number of aryl methyl sites for hydroxylation is 1. The molecule has 1 fully saturated rings. The molecule has 10 heteroatoms. The van der Waals surface area contributed by atoms with E-state index >= 15 is 0 Å². The summed E-state index contributed by atoms with van der Waals surface area (Å²) in [7, 11) is 0. The number of carbonyl (C=O) groups is 1. The first-order valence-electron chi connectivity index (χ1n) is 14.0. The molecule has 2 heterocycles. The highest BCUT2D eigenvalue weighted by atomic mass is 79.9. The van der Waals surface area contributed by atoms with Gasteiger partial charge in [0.15, 0.2) is 5.75 Å². The summed E-state index contributed by atoms with van der Waals surface area (Å²) in [5.41, 5.74) is 4.43. The number of carbonyl (C=O) groups excluding carboxylic acids is 1. The van der Waals surface area contributed by atoms with Crippen molar-refractivity contribution in [2.45, 2.75) is 27.0 Å². The number of hydrogen-bond acceptors (Lipinski definition) is 5. The number of pyridine rings is 1. The van der Waals surface area contributed by atoms with Crippen LogP contribution in [0.2, 0.25) is 15.1 Å². The molecule has 230 valence electrons. The van der Waals surface area contributed by atoms with Crippen molar-refractivity contribution in [3.8, 4) is 17.4 Å². The highest BCUT2D eigenvalue weighted by Gasteiger charge is 2.22. The van der Waals surface area contributed by atoms with Gasteiger partial charge >= 0.3 is 0 Å². The van der Waals surface area contributed by atoms with Gasteiger partial charge in [0.1, 0.15) is 12.4 Å². The smallest absolute Gasteiger partial charge is 0.249 e. The van der Waals surface area contributed by atoms with Crippen LogP contribution < -0.4 is 9.47 Å². The van der Waals surface area contributed by atoms with Crippen LogP contribution >= 0.6 is 51.8 Å². The van der Waals surface area contributed by atoms with Crippen LogP contribution in [0.4, 0.5) is 0 Å². The molecule has 1 aromatic heterocycles. The molecule has 0 N–H and O–H groups in total. The lowest BCUT2D eigenvalue weighted by molar-refractivity contribution is -0.128. The molecule has 6 nitrogen and oxygen atoms in total. The number of nitrogens with zero attached hydrogens (tertiary/aromatic N) is 3. The van der Waals surface area contributed by atoms with Gasteiger partial charge in [-0.05, 0) is 73.0 Å². The van der Waals surface area contributed by atoms with Gasteiger partial charge in [0.2, 0.25) is 11.8 Å². The molecule has 1 saturated heterocycles. The lowest BCUT2D eigenvalue weighted by Crippen LogP contribution is -2.48. The van der Waals surface area contributed by atoms with E-state index in [-0.39, 0.29) is 22.9 Å². The second kappa shape index (κ2) is 15.8. The van der Waals surface area contributed by atoms with E-state index in [1.807, 2.05) is 79.4 Å². The average molecular weight is 718 g/mol. The molecule has 0 atom stereocenters. The van der Waals surface area contributed by atoms with Crippen LogP contribution in [-0.2, 0) is 17.9 Å². The maximum atomic E-state index is 13.2. The molecule has 0 saturated carbocycles. The number of ether oxygens (including phenoxy) is 2. The molecule has 0 bridgehead atoms. The van der Waals surface area contributed by atoms with Crippen molar-refractivity contribution < 1.29 is 14.3 Å². The molecule has 1 amide bonds. The fraction of sp³-hybridized carbons (Fsp3) is 0.235. The molecule has 5 rings (SSSR count). The molecule has 0 spiro atoms. The van der Waals surface area contributed by atoms with Gasteiger partial charge in [0.05, 0.1) is 11.2 Å². The number of amides is 1. The Morgan fingerprint density at radius 2 is 1.66 bits per heavy atom. The fourth-order valence-electron chi connectivity index (χ4n) is 4.88. The zero-order valence-electron chi connectivity index (χ0n) is 24.4. The number of halogens is 4. The molecule has 3 aromatic carbocycles. The summed E-state index contributed by atoms with van der Waals surface area (Å²) in [6.45, 7) is 7.94. The number of rotatable bonds is 9.